The number of aliphatic hydroxyl groups is 1. The van der Waals surface area contributed by atoms with Crippen LogP contribution >= 0.6 is 11.3 Å². The summed E-state index contributed by atoms with van der Waals surface area (Å²) in [5, 5.41) is 17.4. The van der Waals surface area contributed by atoms with E-state index in [-0.39, 0.29) is 5.92 Å². The highest BCUT2D eigenvalue weighted by Gasteiger charge is 2.27. The molecule has 0 bridgehead atoms. The Balaban J connectivity index is 1.53. The first-order chi connectivity index (χ1) is 13.6. The molecule has 5 rings (SSSR count). The number of hydrogen-bond acceptors (Lipinski definition) is 6. The van der Waals surface area contributed by atoms with Gasteiger partial charge in [-0.25, -0.2) is 9.97 Å². The minimum Gasteiger partial charge on any atom is -0.387 e. The number of hydrogen-bond donors (Lipinski definition) is 1. The third-order valence-electron chi connectivity index (χ3n) is 5.59. The Morgan fingerprint density at radius 2 is 2.11 bits per heavy atom. The van der Waals surface area contributed by atoms with Gasteiger partial charge in [-0.2, -0.15) is 5.10 Å². The summed E-state index contributed by atoms with van der Waals surface area (Å²) in [6, 6.07) is 6.21. The Labute approximate surface area is 166 Å². The quantitative estimate of drug-likeness (QED) is 0.568. The van der Waals surface area contributed by atoms with Crippen molar-refractivity contribution in [1.82, 2.24) is 19.7 Å². The second kappa shape index (κ2) is 6.92. The maximum Gasteiger partial charge on any atom is 0.181 e. The summed E-state index contributed by atoms with van der Waals surface area (Å²) in [5.74, 6) is 0.261. The highest BCUT2D eigenvalue weighted by Crippen LogP contribution is 2.40. The van der Waals surface area contributed by atoms with Crippen molar-refractivity contribution in [2.45, 2.75) is 25.9 Å². The van der Waals surface area contributed by atoms with Crippen molar-refractivity contribution >= 4 is 32.6 Å². The number of aryl methyl sites for hydroxylation is 2. The maximum absolute atomic E-state index is 10.9. The van der Waals surface area contributed by atoms with E-state index in [2.05, 4.69) is 29.1 Å². The fraction of sp³-hybridized carbons (Fsp3) is 0.381. The molecule has 7 heteroatoms. The highest BCUT2D eigenvalue weighted by molar-refractivity contribution is 7.18. The summed E-state index contributed by atoms with van der Waals surface area (Å²) >= 11 is 1.60. The molecule has 1 N–H and O–H groups in total. The summed E-state index contributed by atoms with van der Waals surface area (Å²) in [4.78, 5) is 11.3. The first-order valence-electron chi connectivity index (χ1n) is 9.56. The van der Waals surface area contributed by atoms with Gasteiger partial charge in [0.25, 0.3) is 0 Å². The van der Waals surface area contributed by atoms with Gasteiger partial charge in [-0.05, 0) is 49.4 Å². The molecule has 4 aromatic rings. The van der Waals surface area contributed by atoms with Gasteiger partial charge in [0.2, 0.25) is 0 Å². The Hall–Kier alpha value is -2.35. The Morgan fingerprint density at radius 3 is 2.93 bits per heavy atom. The largest absolute Gasteiger partial charge is 0.387 e. The fourth-order valence-electron chi connectivity index (χ4n) is 3.98. The molecule has 0 spiro atoms. The molecule has 6 nitrogen and oxygen atoms in total. The average molecular weight is 395 g/mol. The van der Waals surface area contributed by atoms with Crippen LogP contribution in [-0.2, 0) is 11.8 Å². The van der Waals surface area contributed by atoms with Gasteiger partial charge in [0, 0.05) is 53.9 Å². The Kier molecular flexibility index (Phi) is 4.38. The smallest absolute Gasteiger partial charge is 0.181 e. The van der Waals surface area contributed by atoms with E-state index in [4.69, 9.17) is 9.72 Å². The third kappa shape index (κ3) is 2.99. The molecule has 1 aliphatic rings. The van der Waals surface area contributed by atoms with Crippen LogP contribution in [0.25, 0.3) is 32.5 Å². The number of pyridine rings is 2. The standard InChI is InChI=1S/C21H22N4O2S/c1-12-16-3-4-17(14-9-15-11-25(2)24-20(15)22-10-14)23-21(16)28-19(12)18(26)13-5-7-27-8-6-13/h3-4,9-11,13,18,26H,5-8H2,1-2H3. The predicted molar refractivity (Wildman–Crippen MR) is 110 cm³/mol. The van der Waals surface area contributed by atoms with E-state index in [9.17, 15) is 5.11 Å². The molecular formula is C21H22N4O2S. The molecule has 0 amide bonds. The molecule has 144 valence electrons. The molecule has 5 heterocycles. The van der Waals surface area contributed by atoms with Crippen molar-refractivity contribution in [3.05, 3.63) is 41.0 Å². The number of aliphatic hydroxyl groups excluding tert-OH is 1. The van der Waals surface area contributed by atoms with Gasteiger partial charge in [-0.3, -0.25) is 4.68 Å². The van der Waals surface area contributed by atoms with Gasteiger partial charge >= 0.3 is 0 Å². The van der Waals surface area contributed by atoms with Gasteiger partial charge in [0.1, 0.15) is 4.83 Å². The number of rotatable bonds is 3. The van der Waals surface area contributed by atoms with Gasteiger partial charge in [-0.1, -0.05) is 0 Å². The molecule has 1 saturated heterocycles. The third-order valence-corrected chi connectivity index (χ3v) is 6.86. The van der Waals surface area contributed by atoms with Crippen molar-refractivity contribution in [2.75, 3.05) is 13.2 Å². The van der Waals surface area contributed by atoms with E-state index in [1.54, 1.807) is 16.0 Å². The fourth-order valence-corrected chi connectivity index (χ4v) is 5.24. The van der Waals surface area contributed by atoms with E-state index in [0.717, 1.165) is 69.0 Å². The first kappa shape index (κ1) is 17.7. The number of nitrogens with zero attached hydrogens (tertiary/aromatic N) is 4. The van der Waals surface area contributed by atoms with Crippen LogP contribution in [-0.4, -0.2) is 38.1 Å². The summed E-state index contributed by atoms with van der Waals surface area (Å²) in [5.41, 5.74) is 3.74. The summed E-state index contributed by atoms with van der Waals surface area (Å²) in [6.07, 6.45) is 5.15. The van der Waals surface area contributed by atoms with Crippen molar-refractivity contribution in [3.8, 4) is 11.3 Å². The lowest BCUT2D eigenvalue weighted by molar-refractivity contribution is 0.00837. The molecule has 0 radical (unpaired) electrons. The summed E-state index contributed by atoms with van der Waals surface area (Å²) in [6.45, 7) is 3.55. The summed E-state index contributed by atoms with van der Waals surface area (Å²) in [7, 11) is 1.89. The van der Waals surface area contributed by atoms with Gasteiger partial charge in [0.15, 0.2) is 5.65 Å². The molecule has 0 aromatic carbocycles. The molecule has 4 aromatic heterocycles. The van der Waals surface area contributed by atoms with Crippen LogP contribution in [0.2, 0.25) is 0 Å². The van der Waals surface area contributed by atoms with Crippen LogP contribution in [0.15, 0.2) is 30.6 Å². The van der Waals surface area contributed by atoms with Gasteiger partial charge < -0.3 is 9.84 Å². The normalized spacial score (nSPS) is 16.8. The van der Waals surface area contributed by atoms with Crippen molar-refractivity contribution < 1.29 is 9.84 Å². The molecule has 0 aliphatic carbocycles. The zero-order chi connectivity index (χ0) is 19.3. The minimum absolute atomic E-state index is 0.261. The van der Waals surface area contributed by atoms with Crippen LogP contribution < -0.4 is 0 Å². The van der Waals surface area contributed by atoms with Crippen LogP contribution in [0.3, 0.4) is 0 Å². The van der Waals surface area contributed by atoms with Crippen molar-refractivity contribution in [1.29, 1.82) is 0 Å². The van der Waals surface area contributed by atoms with E-state index >= 15 is 0 Å². The molecule has 1 aliphatic heterocycles. The topological polar surface area (TPSA) is 73.1 Å². The van der Waals surface area contributed by atoms with E-state index in [1.807, 2.05) is 25.5 Å². The predicted octanol–water partition coefficient (Wildman–Crippen LogP) is 4.01. The van der Waals surface area contributed by atoms with E-state index < -0.39 is 6.10 Å². The monoisotopic (exact) mass is 394 g/mol. The SMILES string of the molecule is Cc1c(C(O)C2CCOCC2)sc2nc(-c3cnc4nn(C)cc4c3)ccc12. The lowest BCUT2D eigenvalue weighted by Crippen LogP contribution is -2.21. The molecule has 28 heavy (non-hydrogen) atoms. The average Bonchev–Trinajstić information content (AvgIpc) is 3.26. The maximum atomic E-state index is 10.9. The number of ether oxygens (including phenoxy) is 1. The van der Waals surface area contributed by atoms with Crippen LogP contribution in [0, 0.1) is 12.8 Å². The van der Waals surface area contributed by atoms with Crippen LogP contribution in [0.4, 0.5) is 0 Å². The molecule has 0 saturated carbocycles. The minimum atomic E-state index is -0.444. The molecular weight excluding hydrogens is 372 g/mol. The van der Waals surface area contributed by atoms with E-state index in [0.29, 0.717) is 0 Å². The molecule has 1 atom stereocenters. The molecule has 1 fully saturated rings. The van der Waals surface area contributed by atoms with E-state index in [1.165, 1.54) is 0 Å². The van der Waals surface area contributed by atoms with Gasteiger partial charge in [-0.15, -0.1) is 11.3 Å². The second-order valence-corrected chi connectivity index (χ2v) is 8.51. The zero-order valence-electron chi connectivity index (χ0n) is 15.9. The number of aromatic nitrogens is 4. The first-order valence-corrected chi connectivity index (χ1v) is 10.4. The van der Waals surface area contributed by atoms with Gasteiger partial charge in [0.05, 0.1) is 11.8 Å². The second-order valence-electron chi connectivity index (χ2n) is 7.47. The number of thiophene rings is 1. The Morgan fingerprint density at radius 1 is 1.29 bits per heavy atom. The number of fused-ring (bicyclic) bond motifs is 2. The lowest BCUT2D eigenvalue weighted by Gasteiger charge is -2.26. The molecule has 1 unspecified atom stereocenters. The lowest BCUT2D eigenvalue weighted by atomic mass is 9.91. The van der Waals surface area contributed by atoms with Crippen molar-refractivity contribution in [2.24, 2.45) is 13.0 Å². The Bertz CT molecular complexity index is 1160. The highest BCUT2D eigenvalue weighted by atomic mass is 32.1. The zero-order valence-corrected chi connectivity index (χ0v) is 16.7. The van der Waals surface area contributed by atoms with Crippen molar-refractivity contribution in [3.63, 3.8) is 0 Å². The summed E-state index contributed by atoms with van der Waals surface area (Å²) < 4.78 is 7.21. The van der Waals surface area contributed by atoms with Crippen LogP contribution in [0.1, 0.15) is 29.4 Å². The van der Waals surface area contributed by atoms with Crippen LogP contribution in [0.5, 0.6) is 0 Å².